The lowest BCUT2D eigenvalue weighted by Gasteiger charge is -2.04. The summed E-state index contributed by atoms with van der Waals surface area (Å²) in [5, 5.41) is 0.372. The number of aromatic nitrogens is 1. The average Bonchev–Trinajstić information content (AvgIpc) is 2.23. The highest BCUT2D eigenvalue weighted by atomic mass is 35.5. The summed E-state index contributed by atoms with van der Waals surface area (Å²) in [5.41, 5.74) is 0.0476. The van der Waals surface area contributed by atoms with Crippen molar-refractivity contribution >= 4 is 22.5 Å². The van der Waals surface area contributed by atoms with Gasteiger partial charge in [-0.3, -0.25) is 4.79 Å². The van der Waals surface area contributed by atoms with Crippen molar-refractivity contribution in [1.82, 2.24) is 4.98 Å². The number of hydrogen-bond donors (Lipinski definition) is 1. The van der Waals surface area contributed by atoms with E-state index in [0.717, 1.165) is 0 Å². The molecule has 0 aliphatic heterocycles. The molecule has 0 unspecified atom stereocenters. The predicted octanol–water partition coefficient (Wildman–Crippen LogP) is 2.33. The quantitative estimate of drug-likeness (QED) is 0.813. The average molecular weight is 228 g/mol. The van der Waals surface area contributed by atoms with E-state index in [2.05, 4.69) is 4.98 Å². The van der Waals surface area contributed by atoms with Crippen LogP contribution in [0.25, 0.3) is 10.9 Å². The van der Waals surface area contributed by atoms with Gasteiger partial charge in [-0.05, 0) is 6.07 Å². The second-order valence-corrected chi connectivity index (χ2v) is 3.41. The first-order chi connectivity index (χ1) is 7.13. The summed E-state index contributed by atoms with van der Waals surface area (Å²) in [4.78, 5) is 14.3. The van der Waals surface area contributed by atoms with Crippen LogP contribution in [0.2, 0.25) is 5.02 Å². The molecule has 0 atom stereocenters. The molecule has 0 saturated heterocycles. The summed E-state index contributed by atoms with van der Waals surface area (Å²) in [5.74, 6) is -0.502. The molecular weight excluding hydrogens is 221 g/mol. The van der Waals surface area contributed by atoms with Gasteiger partial charge < -0.3 is 9.72 Å². The maximum absolute atomic E-state index is 13.3. The summed E-state index contributed by atoms with van der Waals surface area (Å²) in [6, 6.07) is 2.53. The van der Waals surface area contributed by atoms with Crippen molar-refractivity contribution in [2.24, 2.45) is 0 Å². The van der Waals surface area contributed by atoms with E-state index < -0.39 is 5.82 Å². The van der Waals surface area contributed by atoms with E-state index in [1.54, 1.807) is 0 Å². The van der Waals surface area contributed by atoms with Crippen molar-refractivity contribution in [1.29, 1.82) is 0 Å². The van der Waals surface area contributed by atoms with E-state index in [0.29, 0.717) is 10.9 Å². The van der Waals surface area contributed by atoms with E-state index in [1.165, 1.54) is 25.4 Å². The van der Waals surface area contributed by atoms with Crippen molar-refractivity contribution in [2.75, 3.05) is 7.11 Å². The van der Waals surface area contributed by atoms with E-state index in [9.17, 15) is 9.18 Å². The Morgan fingerprint density at radius 1 is 1.47 bits per heavy atom. The molecule has 0 fully saturated rings. The fourth-order valence-electron chi connectivity index (χ4n) is 1.35. The fraction of sp³-hybridized carbons (Fsp3) is 0.100. The highest BCUT2D eigenvalue weighted by Crippen LogP contribution is 2.22. The van der Waals surface area contributed by atoms with Crippen LogP contribution in [0.3, 0.4) is 0 Å². The molecule has 0 spiro atoms. The molecular formula is C10H7ClFNO2. The van der Waals surface area contributed by atoms with Crippen molar-refractivity contribution in [3.05, 3.63) is 39.4 Å². The molecule has 0 aliphatic rings. The lowest BCUT2D eigenvalue weighted by Crippen LogP contribution is -2.04. The Kier molecular flexibility index (Phi) is 2.36. The first-order valence-electron chi connectivity index (χ1n) is 4.18. The predicted molar refractivity (Wildman–Crippen MR) is 56.1 cm³/mol. The molecule has 3 nitrogen and oxygen atoms in total. The number of nitrogens with one attached hydrogen (secondary N) is 1. The van der Waals surface area contributed by atoms with Crippen molar-refractivity contribution in [3.63, 3.8) is 0 Å². The number of fused-ring (bicyclic) bond motifs is 1. The maximum Gasteiger partial charge on any atom is 0.208 e. The fourth-order valence-corrected chi connectivity index (χ4v) is 1.51. The molecule has 0 radical (unpaired) electrons. The van der Waals surface area contributed by atoms with Crippen LogP contribution in [0.1, 0.15) is 0 Å². The smallest absolute Gasteiger partial charge is 0.208 e. The zero-order valence-corrected chi connectivity index (χ0v) is 8.56. The summed E-state index contributed by atoms with van der Waals surface area (Å²) in [7, 11) is 1.34. The third-order valence-corrected chi connectivity index (χ3v) is 2.39. The lowest BCUT2D eigenvalue weighted by atomic mass is 10.2. The Labute approximate surface area is 89.4 Å². The Balaban J connectivity index is 2.89. The Hall–Kier alpha value is -1.55. The monoisotopic (exact) mass is 227 g/mol. The van der Waals surface area contributed by atoms with E-state index in [4.69, 9.17) is 16.3 Å². The molecule has 1 heterocycles. The number of methoxy groups -OCH3 is 1. The molecule has 2 aromatic rings. The zero-order valence-electron chi connectivity index (χ0n) is 7.80. The topological polar surface area (TPSA) is 42.1 Å². The normalized spacial score (nSPS) is 10.6. The van der Waals surface area contributed by atoms with Crippen molar-refractivity contribution in [3.8, 4) is 5.75 Å². The van der Waals surface area contributed by atoms with Gasteiger partial charge in [-0.15, -0.1) is 0 Å². The van der Waals surface area contributed by atoms with Crippen LogP contribution < -0.4 is 10.2 Å². The largest absolute Gasteiger partial charge is 0.494 e. The highest BCUT2D eigenvalue weighted by Gasteiger charge is 2.09. The van der Waals surface area contributed by atoms with Gasteiger partial charge in [0.15, 0.2) is 11.6 Å². The number of aromatic amines is 1. The number of H-pyrrole nitrogens is 1. The van der Waals surface area contributed by atoms with Gasteiger partial charge in [0, 0.05) is 12.3 Å². The Morgan fingerprint density at radius 2 is 2.20 bits per heavy atom. The van der Waals surface area contributed by atoms with E-state index in [-0.39, 0.29) is 16.2 Å². The molecule has 2 rings (SSSR count). The molecule has 1 aromatic carbocycles. The summed E-state index contributed by atoms with van der Waals surface area (Å²) < 4.78 is 18.0. The maximum atomic E-state index is 13.3. The number of benzene rings is 1. The Bertz CT molecular complexity index is 579. The van der Waals surface area contributed by atoms with Crippen molar-refractivity contribution < 1.29 is 9.13 Å². The first kappa shape index (κ1) is 9.98. The van der Waals surface area contributed by atoms with Crippen LogP contribution in [0, 0.1) is 5.82 Å². The van der Waals surface area contributed by atoms with Gasteiger partial charge in [-0.25, -0.2) is 4.39 Å². The van der Waals surface area contributed by atoms with E-state index >= 15 is 0 Å². The number of hydrogen-bond acceptors (Lipinski definition) is 2. The highest BCUT2D eigenvalue weighted by molar-refractivity contribution is 6.31. The number of halogens is 2. The van der Waals surface area contributed by atoms with E-state index in [1.807, 2.05) is 0 Å². The standard InChI is InChI=1S/C10H7ClFNO2/c1-15-9-2-5-8(3-7(9)12)13-4-6(11)10(5)14/h2-4H,1H3,(H,13,14). The molecule has 0 aliphatic carbocycles. The van der Waals surface area contributed by atoms with Crippen LogP contribution in [0.15, 0.2) is 23.1 Å². The third-order valence-electron chi connectivity index (χ3n) is 2.11. The molecule has 15 heavy (non-hydrogen) atoms. The summed E-state index contributed by atoms with van der Waals surface area (Å²) in [6.45, 7) is 0. The van der Waals surface area contributed by atoms with Gasteiger partial charge in [0.25, 0.3) is 0 Å². The second kappa shape index (κ2) is 3.55. The van der Waals surface area contributed by atoms with Crippen LogP contribution in [-0.2, 0) is 0 Å². The first-order valence-corrected chi connectivity index (χ1v) is 4.55. The minimum absolute atomic E-state index is 0.0234. The molecule has 0 amide bonds. The minimum atomic E-state index is -0.525. The van der Waals surface area contributed by atoms with Crippen molar-refractivity contribution in [2.45, 2.75) is 0 Å². The summed E-state index contributed by atoms with van der Waals surface area (Å²) in [6.07, 6.45) is 1.33. The molecule has 78 valence electrons. The molecule has 0 bridgehead atoms. The van der Waals surface area contributed by atoms with Gasteiger partial charge in [0.05, 0.1) is 18.0 Å². The van der Waals surface area contributed by atoms with Gasteiger partial charge in [0.1, 0.15) is 5.02 Å². The van der Waals surface area contributed by atoms with Crippen LogP contribution in [0.4, 0.5) is 4.39 Å². The minimum Gasteiger partial charge on any atom is -0.494 e. The van der Waals surface area contributed by atoms with Gasteiger partial charge in [-0.2, -0.15) is 0 Å². The van der Waals surface area contributed by atoms with Crippen LogP contribution >= 0.6 is 11.6 Å². The molecule has 5 heteroatoms. The second-order valence-electron chi connectivity index (χ2n) is 3.00. The van der Waals surface area contributed by atoms with Gasteiger partial charge in [0.2, 0.25) is 5.43 Å². The number of rotatable bonds is 1. The molecule has 1 N–H and O–H groups in total. The molecule has 1 aromatic heterocycles. The molecule has 0 saturated carbocycles. The number of ether oxygens (including phenoxy) is 1. The SMILES string of the molecule is COc1cc2c(=O)c(Cl)c[nH]c2cc1F. The van der Waals surface area contributed by atoms with Crippen LogP contribution in [-0.4, -0.2) is 12.1 Å². The van der Waals surface area contributed by atoms with Crippen LogP contribution in [0.5, 0.6) is 5.75 Å². The Morgan fingerprint density at radius 3 is 2.87 bits per heavy atom. The van der Waals surface area contributed by atoms with Gasteiger partial charge in [-0.1, -0.05) is 11.6 Å². The van der Waals surface area contributed by atoms with Gasteiger partial charge >= 0.3 is 0 Å². The lowest BCUT2D eigenvalue weighted by molar-refractivity contribution is 0.387. The summed E-state index contributed by atoms with van der Waals surface area (Å²) >= 11 is 5.64. The zero-order chi connectivity index (χ0) is 11.0. The third kappa shape index (κ3) is 1.57. The number of pyridine rings is 1.